The van der Waals surface area contributed by atoms with Crippen LogP contribution >= 0.6 is 11.6 Å². The third-order valence-corrected chi connectivity index (χ3v) is 4.29. The molecule has 0 bridgehead atoms. The molecule has 2 rings (SSSR count). The quantitative estimate of drug-likeness (QED) is 0.859. The molecular formula is C18H21ClO2. The van der Waals surface area contributed by atoms with Crippen LogP contribution in [0.15, 0.2) is 48.5 Å². The molecule has 112 valence electrons. The minimum Gasteiger partial charge on any atom is -0.395 e. The van der Waals surface area contributed by atoms with Gasteiger partial charge in [0.05, 0.1) is 13.2 Å². The number of hydrogen-bond acceptors (Lipinski definition) is 2. The summed E-state index contributed by atoms with van der Waals surface area (Å²) in [5.74, 6) is 0. The van der Waals surface area contributed by atoms with Gasteiger partial charge in [-0.25, -0.2) is 0 Å². The van der Waals surface area contributed by atoms with Crippen molar-refractivity contribution >= 4 is 11.6 Å². The van der Waals surface area contributed by atoms with Crippen molar-refractivity contribution in [1.82, 2.24) is 0 Å². The second-order valence-electron chi connectivity index (χ2n) is 5.45. The zero-order valence-corrected chi connectivity index (χ0v) is 13.0. The van der Waals surface area contributed by atoms with E-state index in [9.17, 15) is 10.2 Å². The summed E-state index contributed by atoms with van der Waals surface area (Å²) >= 11 is 5.92. The van der Waals surface area contributed by atoms with Crippen molar-refractivity contribution in [3.63, 3.8) is 0 Å². The van der Waals surface area contributed by atoms with E-state index >= 15 is 0 Å². The van der Waals surface area contributed by atoms with Crippen LogP contribution in [0, 0.1) is 0 Å². The zero-order valence-electron chi connectivity index (χ0n) is 12.2. The Balaban J connectivity index is 2.30. The van der Waals surface area contributed by atoms with Gasteiger partial charge in [0.25, 0.3) is 0 Å². The van der Waals surface area contributed by atoms with Crippen molar-refractivity contribution in [3.8, 4) is 0 Å². The van der Waals surface area contributed by atoms with Gasteiger partial charge in [-0.2, -0.15) is 0 Å². The van der Waals surface area contributed by atoms with E-state index in [1.165, 1.54) is 5.56 Å². The Morgan fingerprint density at radius 3 is 1.86 bits per heavy atom. The number of aliphatic hydroxyl groups is 2. The van der Waals surface area contributed by atoms with Crippen LogP contribution in [0.4, 0.5) is 0 Å². The minimum absolute atomic E-state index is 0.110. The molecule has 2 N–H and O–H groups in total. The van der Waals surface area contributed by atoms with Crippen LogP contribution in [0.5, 0.6) is 0 Å². The van der Waals surface area contributed by atoms with Crippen LogP contribution in [0.3, 0.4) is 0 Å². The lowest BCUT2D eigenvalue weighted by atomic mass is 9.77. The predicted molar refractivity (Wildman–Crippen MR) is 86.8 cm³/mol. The maximum Gasteiger partial charge on any atom is 0.0553 e. The molecule has 2 nitrogen and oxygen atoms in total. The molecule has 3 heteroatoms. The molecule has 0 aliphatic rings. The third-order valence-electron chi connectivity index (χ3n) is 4.04. The van der Waals surface area contributed by atoms with Crippen LogP contribution in [0.1, 0.15) is 23.6 Å². The summed E-state index contributed by atoms with van der Waals surface area (Å²) in [6.45, 7) is 1.90. The molecule has 0 aromatic heterocycles. The normalized spacial score (nSPS) is 11.6. The van der Waals surface area contributed by atoms with Gasteiger partial charge in [-0.1, -0.05) is 54.9 Å². The molecule has 0 amide bonds. The molecule has 0 saturated heterocycles. The number of hydrogen-bond donors (Lipinski definition) is 2. The molecule has 0 spiro atoms. The fourth-order valence-electron chi connectivity index (χ4n) is 2.53. The lowest BCUT2D eigenvalue weighted by Gasteiger charge is -2.30. The molecular weight excluding hydrogens is 284 g/mol. The van der Waals surface area contributed by atoms with Crippen molar-refractivity contribution in [3.05, 3.63) is 70.2 Å². The highest BCUT2D eigenvalue weighted by molar-refractivity contribution is 6.30. The van der Waals surface area contributed by atoms with Crippen LogP contribution in [0.2, 0.25) is 5.02 Å². The van der Waals surface area contributed by atoms with Crippen LogP contribution in [0.25, 0.3) is 0 Å². The van der Waals surface area contributed by atoms with Crippen LogP contribution in [-0.4, -0.2) is 23.4 Å². The third kappa shape index (κ3) is 3.65. The average Bonchev–Trinajstić information content (AvgIpc) is 2.54. The molecule has 0 saturated carbocycles. The number of halogens is 1. The lowest BCUT2D eigenvalue weighted by Crippen LogP contribution is -2.37. The molecule has 0 aliphatic carbocycles. The maximum atomic E-state index is 9.87. The van der Waals surface area contributed by atoms with Crippen molar-refractivity contribution in [1.29, 1.82) is 0 Å². The zero-order chi connectivity index (χ0) is 15.3. The molecule has 0 fully saturated rings. The summed E-state index contributed by atoms with van der Waals surface area (Å²) in [6.07, 6.45) is 1.59. The number of benzene rings is 2. The molecule has 21 heavy (non-hydrogen) atoms. The van der Waals surface area contributed by atoms with E-state index in [0.29, 0.717) is 11.4 Å². The highest BCUT2D eigenvalue weighted by Crippen LogP contribution is 2.29. The van der Waals surface area contributed by atoms with E-state index < -0.39 is 5.41 Å². The van der Waals surface area contributed by atoms with E-state index in [4.69, 9.17) is 11.6 Å². The van der Waals surface area contributed by atoms with Gasteiger partial charge < -0.3 is 10.2 Å². The van der Waals surface area contributed by atoms with Gasteiger partial charge in [-0.3, -0.25) is 0 Å². The second-order valence-corrected chi connectivity index (χ2v) is 5.89. The summed E-state index contributed by atoms with van der Waals surface area (Å²) in [5, 5.41) is 20.4. The van der Waals surface area contributed by atoms with Gasteiger partial charge >= 0.3 is 0 Å². The largest absolute Gasteiger partial charge is 0.395 e. The fraction of sp³-hybridized carbons (Fsp3) is 0.333. The predicted octanol–water partition coefficient (Wildman–Crippen LogP) is 3.37. The highest BCUT2D eigenvalue weighted by atomic mass is 35.5. The monoisotopic (exact) mass is 304 g/mol. The van der Waals surface area contributed by atoms with E-state index in [1.54, 1.807) is 12.1 Å². The van der Waals surface area contributed by atoms with E-state index in [0.717, 1.165) is 17.5 Å². The Morgan fingerprint density at radius 2 is 1.38 bits per heavy atom. The Morgan fingerprint density at radius 1 is 0.857 bits per heavy atom. The Kier molecular flexibility index (Phi) is 5.40. The summed E-state index contributed by atoms with van der Waals surface area (Å²) in [6, 6.07) is 15.6. The Labute approximate surface area is 131 Å². The van der Waals surface area contributed by atoms with Gasteiger partial charge in [0.1, 0.15) is 0 Å². The van der Waals surface area contributed by atoms with Crippen molar-refractivity contribution in [2.24, 2.45) is 0 Å². The fourth-order valence-corrected chi connectivity index (χ4v) is 2.66. The van der Waals surface area contributed by atoms with E-state index in [1.807, 2.05) is 12.1 Å². The number of aryl methyl sites for hydroxylation is 1. The molecule has 2 aromatic rings. The minimum atomic E-state index is -0.682. The van der Waals surface area contributed by atoms with Crippen molar-refractivity contribution in [2.75, 3.05) is 13.2 Å². The lowest BCUT2D eigenvalue weighted by molar-refractivity contribution is 0.116. The smallest absolute Gasteiger partial charge is 0.0553 e. The maximum absolute atomic E-state index is 9.87. The van der Waals surface area contributed by atoms with Gasteiger partial charge in [0.2, 0.25) is 0 Å². The SMILES string of the molecule is CCc1ccc(CC(CO)(CO)c2ccc(Cl)cc2)cc1. The molecule has 0 heterocycles. The number of aliphatic hydroxyl groups excluding tert-OH is 2. The first-order valence-corrected chi connectivity index (χ1v) is 7.57. The summed E-state index contributed by atoms with van der Waals surface area (Å²) in [5.41, 5.74) is 2.60. The highest BCUT2D eigenvalue weighted by Gasteiger charge is 2.31. The summed E-state index contributed by atoms with van der Waals surface area (Å²) < 4.78 is 0. The summed E-state index contributed by atoms with van der Waals surface area (Å²) in [4.78, 5) is 0. The van der Waals surface area contributed by atoms with Gasteiger partial charge in [-0.05, 0) is 41.7 Å². The first-order valence-electron chi connectivity index (χ1n) is 7.19. The first-order chi connectivity index (χ1) is 10.1. The van der Waals surface area contributed by atoms with E-state index in [-0.39, 0.29) is 13.2 Å². The van der Waals surface area contributed by atoms with Crippen molar-refractivity contribution < 1.29 is 10.2 Å². The van der Waals surface area contributed by atoms with E-state index in [2.05, 4.69) is 31.2 Å². The number of rotatable bonds is 6. The summed E-state index contributed by atoms with van der Waals surface area (Å²) in [7, 11) is 0. The standard InChI is InChI=1S/C18H21ClO2/c1-2-14-3-5-15(6-4-14)11-18(12-20,13-21)16-7-9-17(19)10-8-16/h3-10,20-21H,2,11-13H2,1H3. The Hall–Kier alpha value is -1.35. The molecule has 0 atom stereocenters. The Bertz CT molecular complexity index is 557. The van der Waals surface area contributed by atoms with Gasteiger partial charge in [-0.15, -0.1) is 0 Å². The van der Waals surface area contributed by atoms with Crippen molar-refractivity contribution in [2.45, 2.75) is 25.2 Å². The molecule has 0 unspecified atom stereocenters. The first kappa shape index (κ1) is 16.0. The molecule has 0 aliphatic heterocycles. The average molecular weight is 305 g/mol. The molecule has 2 aromatic carbocycles. The van der Waals surface area contributed by atoms with Gasteiger partial charge in [0, 0.05) is 10.4 Å². The molecule has 0 radical (unpaired) electrons. The van der Waals surface area contributed by atoms with Crippen LogP contribution in [-0.2, 0) is 18.3 Å². The topological polar surface area (TPSA) is 40.5 Å². The van der Waals surface area contributed by atoms with Gasteiger partial charge in [0.15, 0.2) is 0 Å². The second kappa shape index (κ2) is 7.08. The van der Waals surface area contributed by atoms with Crippen LogP contribution < -0.4 is 0 Å².